The molecule has 0 spiro atoms. The van der Waals surface area contributed by atoms with Gasteiger partial charge in [-0.05, 0) is 38.1 Å². The van der Waals surface area contributed by atoms with Gasteiger partial charge < -0.3 is 15.0 Å². The lowest BCUT2D eigenvalue weighted by atomic mass is 10.1. The molecule has 1 amide bonds. The fraction of sp³-hybridized carbons (Fsp3) is 0.333. The van der Waals surface area contributed by atoms with E-state index in [0.29, 0.717) is 5.88 Å². The van der Waals surface area contributed by atoms with Crippen LogP contribution in [-0.4, -0.2) is 42.0 Å². The molecule has 0 saturated carbocycles. The second-order valence-corrected chi connectivity index (χ2v) is 6.03. The minimum absolute atomic E-state index is 0.0682. The van der Waals surface area contributed by atoms with Crippen molar-refractivity contribution < 1.29 is 18.3 Å². The molecule has 2 heterocycles. The summed E-state index contributed by atoms with van der Waals surface area (Å²) in [7, 11) is 2.06. The number of rotatable bonds is 4. The number of carbonyl (C=O) groups is 1. The van der Waals surface area contributed by atoms with Gasteiger partial charge >= 0.3 is 0 Å². The summed E-state index contributed by atoms with van der Waals surface area (Å²) in [5.74, 6) is -2.17. The van der Waals surface area contributed by atoms with Crippen molar-refractivity contribution in [1.29, 1.82) is 0 Å². The highest BCUT2D eigenvalue weighted by molar-refractivity contribution is 6.04. The summed E-state index contributed by atoms with van der Waals surface area (Å²) in [6.07, 6.45) is 1.86. The second kappa shape index (κ2) is 7.57. The van der Waals surface area contributed by atoms with Crippen molar-refractivity contribution in [2.45, 2.75) is 18.9 Å². The van der Waals surface area contributed by atoms with Gasteiger partial charge in [0.25, 0.3) is 5.91 Å². The quantitative estimate of drug-likeness (QED) is 0.923. The Labute approximate surface area is 144 Å². The van der Waals surface area contributed by atoms with E-state index in [2.05, 4.69) is 22.2 Å². The molecule has 7 heteroatoms. The molecule has 132 valence electrons. The first-order valence-electron chi connectivity index (χ1n) is 8.10. The van der Waals surface area contributed by atoms with Crippen LogP contribution in [0.3, 0.4) is 0 Å². The molecule has 0 radical (unpaired) electrons. The molecular formula is C18H19F2N3O2. The maximum Gasteiger partial charge on any atom is 0.262 e. The molecule has 5 nitrogen and oxygen atoms in total. The molecule has 1 aromatic carbocycles. The summed E-state index contributed by atoms with van der Waals surface area (Å²) in [5.41, 5.74) is -0.633. The predicted octanol–water partition coefficient (Wildman–Crippen LogP) is 3.09. The average molecular weight is 347 g/mol. The lowest BCUT2D eigenvalue weighted by Crippen LogP contribution is -2.35. The number of likely N-dealkylation sites (tertiary alicyclic amines) is 1. The van der Waals surface area contributed by atoms with Gasteiger partial charge in [-0.1, -0.05) is 12.1 Å². The number of aromatic nitrogens is 1. The van der Waals surface area contributed by atoms with Gasteiger partial charge in [0.05, 0.1) is 0 Å². The highest BCUT2D eigenvalue weighted by atomic mass is 19.1. The first-order chi connectivity index (χ1) is 12.0. The Morgan fingerprint density at radius 2 is 1.80 bits per heavy atom. The van der Waals surface area contributed by atoms with Crippen molar-refractivity contribution >= 4 is 11.7 Å². The molecule has 1 N–H and O–H groups in total. The maximum absolute atomic E-state index is 13.7. The number of carbonyl (C=O) groups excluding carboxylic acids is 1. The Balaban J connectivity index is 1.68. The van der Waals surface area contributed by atoms with Gasteiger partial charge in [0.15, 0.2) is 0 Å². The average Bonchev–Trinajstić information content (AvgIpc) is 2.57. The van der Waals surface area contributed by atoms with Crippen LogP contribution >= 0.6 is 0 Å². The van der Waals surface area contributed by atoms with Crippen molar-refractivity contribution in [1.82, 2.24) is 9.88 Å². The van der Waals surface area contributed by atoms with E-state index in [1.165, 1.54) is 12.1 Å². The van der Waals surface area contributed by atoms with E-state index < -0.39 is 23.1 Å². The van der Waals surface area contributed by atoms with Crippen LogP contribution in [0.5, 0.6) is 5.88 Å². The molecule has 0 atom stereocenters. The van der Waals surface area contributed by atoms with Crippen molar-refractivity contribution in [2.24, 2.45) is 0 Å². The van der Waals surface area contributed by atoms with E-state index in [1.807, 2.05) is 0 Å². The van der Waals surface area contributed by atoms with E-state index in [-0.39, 0.29) is 11.9 Å². The third kappa shape index (κ3) is 4.30. The van der Waals surface area contributed by atoms with Gasteiger partial charge in [0, 0.05) is 19.2 Å². The Hall–Kier alpha value is -2.54. The molecule has 1 aromatic heterocycles. The topological polar surface area (TPSA) is 54.5 Å². The zero-order chi connectivity index (χ0) is 17.8. The van der Waals surface area contributed by atoms with Crippen LogP contribution in [0.15, 0.2) is 36.4 Å². The Bertz CT molecular complexity index is 741. The number of ether oxygens (including phenoxy) is 1. The maximum atomic E-state index is 13.7. The van der Waals surface area contributed by atoms with Crippen LogP contribution in [-0.2, 0) is 0 Å². The standard InChI is InChI=1S/C18H19F2N3O2/c1-23-10-8-12(9-11-23)25-16-7-3-6-15(21-16)22-18(24)17-13(19)4-2-5-14(17)20/h2-7,12H,8-11H2,1H3,(H,21,22,24). The predicted molar refractivity (Wildman–Crippen MR) is 89.7 cm³/mol. The Morgan fingerprint density at radius 1 is 1.16 bits per heavy atom. The molecule has 0 unspecified atom stereocenters. The Kier molecular flexibility index (Phi) is 5.23. The third-order valence-electron chi connectivity index (χ3n) is 4.11. The number of hydrogen-bond donors (Lipinski definition) is 1. The van der Waals surface area contributed by atoms with Crippen molar-refractivity contribution in [3.8, 4) is 5.88 Å². The molecule has 1 aliphatic rings. The number of amides is 1. The molecule has 25 heavy (non-hydrogen) atoms. The summed E-state index contributed by atoms with van der Waals surface area (Å²) in [5, 5.41) is 2.41. The minimum atomic E-state index is -0.920. The number of nitrogens with one attached hydrogen (secondary N) is 1. The summed E-state index contributed by atoms with van der Waals surface area (Å²) in [6, 6.07) is 8.17. The normalized spacial score (nSPS) is 15.8. The van der Waals surface area contributed by atoms with Crippen LogP contribution in [0.1, 0.15) is 23.2 Å². The monoisotopic (exact) mass is 347 g/mol. The number of anilines is 1. The minimum Gasteiger partial charge on any atom is -0.474 e. The van der Waals surface area contributed by atoms with Gasteiger partial charge in [0.2, 0.25) is 5.88 Å². The van der Waals surface area contributed by atoms with Crippen LogP contribution in [0.4, 0.5) is 14.6 Å². The van der Waals surface area contributed by atoms with E-state index >= 15 is 0 Å². The summed E-state index contributed by atoms with van der Waals surface area (Å²) < 4.78 is 33.2. The highest BCUT2D eigenvalue weighted by Gasteiger charge is 2.20. The van der Waals surface area contributed by atoms with Crippen LogP contribution < -0.4 is 10.1 Å². The molecule has 0 aliphatic carbocycles. The van der Waals surface area contributed by atoms with Crippen molar-refractivity contribution in [3.05, 3.63) is 53.6 Å². The molecule has 1 aliphatic heterocycles. The number of nitrogens with zero attached hydrogens (tertiary/aromatic N) is 2. The van der Waals surface area contributed by atoms with Gasteiger partial charge in [-0.25, -0.2) is 8.78 Å². The summed E-state index contributed by atoms with van der Waals surface area (Å²) in [4.78, 5) is 18.5. The fourth-order valence-electron chi connectivity index (χ4n) is 2.72. The zero-order valence-electron chi connectivity index (χ0n) is 13.8. The molecule has 3 rings (SSSR count). The van der Waals surface area contributed by atoms with Crippen molar-refractivity contribution in [2.75, 3.05) is 25.5 Å². The van der Waals surface area contributed by atoms with Crippen molar-refractivity contribution in [3.63, 3.8) is 0 Å². The number of hydrogen-bond acceptors (Lipinski definition) is 4. The number of piperidine rings is 1. The molecule has 1 saturated heterocycles. The van der Waals surface area contributed by atoms with Gasteiger partial charge in [-0.3, -0.25) is 4.79 Å². The van der Waals surface area contributed by atoms with E-state index in [9.17, 15) is 13.6 Å². The fourth-order valence-corrected chi connectivity index (χ4v) is 2.72. The molecule has 0 bridgehead atoms. The van der Waals surface area contributed by atoms with E-state index in [4.69, 9.17) is 4.74 Å². The lowest BCUT2D eigenvalue weighted by Gasteiger charge is -2.28. The van der Waals surface area contributed by atoms with Gasteiger partial charge in [-0.15, -0.1) is 0 Å². The number of benzene rings is 1. The smallest absolute Gasteiger partial charge is 0.262 e. The molecular weight excluding hydrogens is 328 g/mol. The summed E-state index contributed by atoms with van der Waals surface area (Å²) in [6.45, 7) is 1.90. The Morgan fingerprint density at radius 3 is 2.48 bits per heavy atom. The molecule has 2 aromatic rings. The third-order valence-corrected chi connectivity index (χ3v) is 4.11. The van der Waals surface area contributed by atoms with Crippen LogP contribution in [0.2, 0.25) is 0 Å². The van der Waals surface area contributed by atoms with E-state index in [0.717, 1.165) is 38.1 Å². The highest BCUT2D eigenvalue weighted by Crippen LogP contribution is 2.19. The first-order valence-corrected chi connectivity index (χ1v) is 8.10. The molecule has 1 fully saturated rings. The van der Waals surface area contributed by atoms with Crippen LogP contribution in [0.25, 0.3) is 0 Å². The summed E-state index contributed by atoms with van der Waals surface area (Å²) >= 11 is 0. The SMILES string of the molecule is CN1CCC(Oc2cccc(NC(=O)c3c(F)cccc3F)n2)CC1. The van der Waals surface area contributed by atoms with Gasteiger partial charge in [0.1, 0.15) is 29.1 Å². The van der Waals surface area contributed by atoms with Gasteiger partial charge in [-0.2, -0.15) is 4.98 Å². The van der Waals surface area contributed by atoms with Crippen LogP contribution in [0, 0.1) is 11.6 Å². The second-order valence-electron chi connectivity index (χ2n) is 6.03. The number of halogens is 2. The largest absolute Gasteiger partial charge is 0.474 e. The zero-order valence-corrected chi connectivity index (χ0v) is 13.8. The lowest BCUT2D eigenvalue weighted by molar-refractivity contribution is 0.101. The van der Waals surface area contributed by atoms with E-state index in [1.54, 1.807) is 12.1 Å². The number of pyridine rings is 1. The first kappa shape index (κ1) is 17.3.